The van der Waals surface area contributed by atoms with Gasteiger partial charge in [-0.2, -0.15) is 11.4 Å². The number of rotatable bonds is 6. The van der Waals surface area contributed by atoms with E-state index in [2.05, 4.69) is 0 Å². The molecule has 0 spiro atoms. The van der Waals surface area contributed by atoms with Gasteiger partial charge < -0.3 is 0 Å². The summed E-state index contributed by atoms with van der Waals surface area (Å²) in [5.74, 6) is -23.6. The molecular formula is C47H36BF10P. The average molecular weight is 833 g/mol. The fourth-order valence-electron chi connectivity index (χ4n) is 10.6. The molecule has 0 saturated carbocycles. The van der Waals surface area contributed by atoms with Gasteiger partial charge >= 0.3 is 0 Å². The van der Waals surface area contributed by atoms with Crippen molar-refractivity contribution in [2.75, 3.05) is 0 Å². The molecule has 0 N–H and O–H groups in total. The maximum Gasteiger partial charge on any atom is 0.200 e. The lowest BCUT2D eigenvalue weighted by molar-refractivity contribution is 0.382. The molecule has 6 aromatic rings. The van der Waals surface area contributed by atoms with Gasteiger partial charge in [0.25, 0.3) is 0 Å². The molecule has 0 unspecified atom stereocenters. The molecule has 0 saturated heterocycles. The van der Waals surface area contributed by atoms with E-state index in [9.17, 15) is 8.78 Å². The molecule has 1 aliphatic heterocycles. The Kier molecular flexibility index (Phi) is 9.62. The van der Waals surface area contributed by atoms with Gasteiger partial charge in [-0.25, -0.2) is 43.9 Å². The highest BCUT2D eigenvalue weighted by Crippen LogP contribution is 2.67. The molecule has 6 aromatic carbocycles. The van der Waals surface area contributed by atoms with Crippen molar-refractivity contribution in [2.24, 2.45) is 0 Å². The Balaban J connectivity index is 1.83. The normalized spacial score (nSPS) is 15.6. The van der Waals surface area contributed by atoms with E-state index in [0.717, 1.165) is 55.3 Å². The van der Waals surface area contributed by atoms with Gasteiger partial charge in [-0.05, 0) is 91.9 Å². The Morgan fingerprint density at radius 1 is 0.475 bits per heavy atom. The first kappa shape index (κ1) is 40.6. The van der Waals surface area contributed by atoms with E-state index in [1.807, 2.05) is 77.9 Å². The van der Waals surface area contributed by atoms with Crippen LogP contribution in [0, 0.1) is 121 Å². The van der Waals surface area contributed by atoms with Crippen LogP contribution in [0.3, 0.4) is 0 Å². The van der Waals surface area contributed by atoms with Gasteiger partial charge in [-0.15, -0.1) is 10.9 Å². The van der Waals surface area contributed by atoms with Gasteiger partial charge in [0.05, 0.1) is 0 Å². The number of benzene rings is 6. The van der Waals surface area contributed by atoms with E-state index in [4.69, 9.17) is 0 Å². The smallest absolute Gasteiger partial charge is 0.200 e. The highest BCUT2D eigenvalue weighted by atomic mass is 31.2. The first-order valence-corrected chi connectivity index (χ1v) is 20.9. The van der Waals surface area contributed by atoms with Crippen LogP contribution in [0.25, 0.3) is 0 Å². The monoisotopic (exact) mass is 832 g/mol. The second-order valence-corrected chi connectivity index (χ2v) is 19.2. The third kappa shape index (κ3) is 5.28. The summed E-state index contributed by atoms with van der Waals surface area (Å²) in [6.07, 6.45) is -4.21. The van der Waals surface area contributed by atoms with Crippen LogP contribution in [0.1, 0.15) is 53.1 Å². The Morgan fingerprint density at radius 3 is 1.25 bits per heavy atom. The lowest BCUT2D eigenvalue weighted by Crippen LogP contribution is -2.71. The second-order valence-electron chi connectivity index (χ2n) is 15.9. The minimum atomic E-state index is -4.50. The van der Waals surface area contributed by atoms with E-state index in [-0.39, 0.29) is 23.5 Å². The molecular weight excluding hydrogens is 796 g/mol. The minimum Gasteiger partial charge on any atom is -0.207 e. The van der Waals surface area contributed by atoms with E-state index >= 15 is 35.1 Å². The van der Waals surface area contributed by atoms with E-state index in [0.29, 0.717) is 21.0 Å². The lowest BCUT2D eigenvalue weighted by Gasteiger charge is -2.46. The number of hydrogen-bond acceptors (Lipinski definition) is 0. The molecule has 0 atom stereocenters. The van der Waals surface area contributed by atoms with Crippen molar-refractivity contribution < 1.29 is 43.9 Å². The van der Waals surface area contributed by atoms with Crippen molar-refractivity contribution in [3.05, 3.63) is 184 Å². The van der Waals surface area contributed by atoms with Gasteiger partial charge in [0, 0.05) is 17.0 Å². The maximum absolute atomic E-state index is 17.0. The van der Waals surface area contributed by atoms with Crippen molar-refractivity contribution in [1.82, 2.24) is 0 Å². The van der Waals surface area contributed by atoms with Crippen molar-refractivity contribution in [2.45, 2.75) is 61.3 Å². The molecule has 1 aliphatic carbocycles. The van der Waals surface area contributed by atoms with Crippen molar-refractivity contribution in [3.63, 3.8) is 0 Å². The zero-order valence-electron chi connectivity index (χ0n) is 33.1. The summed E-state index contributed by atoms with van der Waals surface area (Å²) < 4.78 is 161. The zero-order valence-corrected chi connectivity index (χ0v) is 34.0. The molecule has 12 heteroatoms. The predicted molar refractivity (Wildman–Crippen MR) is 215 cm³/mol. The van der Waals surface area contributed by atoms with Crippen LogP contribution in [0.4, 0.5) is 43.9 Å². The van der Waals surface area contributed by atoms with Crippen molar-refractivity contribution in [1.29, 1.82) is 0 Å². The molecule has 302 valence electrons. The van der Waals surface area contributed by atoms with E-state index in [1.165, 1.54) is 12.1 Å². The number of halogens is 10. The summed E-state index contributed by atoms with van der Waals surface area (Å²) in [4.78, 5) is 0. The lowest BCUT2D eigenvalue weighted by atomic mass is 9.15. The molecule has 2 aliphatic rings. The first-order valence-electron chi connectivity index (χ1n) is 19.1. The Bertz CT molecular complexity index is 2870. The van der Waals surface area contributed by atoms with Gasteiger partial charge in [-0.1, -0.05) is 72.6 Å². The van der Waals surface area contributed by atoms with Crippen LogP contribution in [0.15, 0.2) is 72.0 Å². The number of allylic oxidation sites excluding steroid dienone is 1. The summed E-state index contributed by atoms with van der Waals surface area (Å²) in [6.45, 7) is 13.2. The quantitative estimate of drug-likeness (QED) is 0.0515. The molecule has 0 aromatic heterocycles. The third-order valence-electron chi connectivity index (χ3n) is 12.3. The summed E-state index contributed by atoms with van der Waals surface area (Å²) in [5, 5.41) is 4.28. The van der Waals surface area contributed by atoms with Gasteiger partial charge in [-0.3, -0.25) is 0 Å². The fraction of sp³-hybridized carbons (Fsp3) is 0.191. The largest absolute Gasteiger partial charge is 0.207 e. The molecule has 0 nitrogen and oxygen atoms in total. The summed E-state index contributed by atoms with van der Waals surface area (Å²) in [5.41, 5.74) is 1.16. The predicted octanol–water partition coefficient (Wildman–Crippen LogP) is 9.82. The summed E-state index contributed by atoms with van der Waals surface area (Å²) in [6, 6.07) is 17.7. The SMILES string of the molecule is CCC/C1=C\[B-](c2c(F)c(F)c(F)c(F)c2F)(c2c(F)c(F)c(F)c(F)c2F)c2cccc3c2=c2c(cccc2=3)[P+]1(c1c(C)cc(C)cc1C)c1c(C)cc(C)cc1C. The summed E-state index contributed by atoms with van der Waals surface area (Å²) in [7, 11) is -3.58. The number of aryl methyl sites for hydroxylation is 6. The standard InChI is InChI=1S/C47H36BF10P/c1-8-11-27-20-48(34-36(49)40(53)44(57)41(54)37(34)50,35-38(51)42(55)45(58)43(56)39(35)52)30-14-9-12-28-29-13-10-15-31(33(29)32(28)30)59(27,46-23(4)16-21(2)17-24(46)5)47-25(6)18-22(3)19-26(47)7/h9-10,12-20H,8,11H2,1-7H3/b27-20+. The van der Waals surface area contributed by atoms with Crippen LogP contribution >= 0.6 is 7.26 Å². The Hall–Kier alpha value is -5.15. The van der Waals surface area contributed by atoms with E-state index in [1.54, 1.807) is 19.1 Å². The van der Waals surface area contributed by atoms with Crippen LogP contribution in [-0.4, -0.2) is 6.15 Å². The van der Waals surface area contributed by atoms with Gasteiger partial charge in [0.1, 0.15) is 52.6 Å². The van der Waals surface area contributed by atoms with Crippen molar-refractivity contribution in [3.8, 4) is 0 Å². The first-order chi connectivity index (χ1) is 27.9. The molecule has 1 heterocycles. The topological polar surface area (TPSA) is 0 Å². The molecule has 59 heavy (non-hydrogen) atoms. The zero-order chi connectivity index (χ0) is 42.8. The van der Waals surface area contributed by atoms with E-state index < -0.39 is 82.5 Å². The Labute approximate surface area is 334 Å². The molecule has 0 fully saturated rings. The molecule has 0 radical (unpaired) electrons. The van der Waals surface area contributed by atoms with Crippen LogP contribution in [-0.2, 0) is 0 Å². The van der Waals surface area contributed by atoms with Gasteiger partial charge in [0.15, 0.2) is 34.9 Å². The third-order valence-corrected chi connectivity index (χ3v) is 17.3. The average Bonchev–Trinajstić information content (AvgIpc) is 3.17. The highest BCUT2D eigenvalue weighted by Gasteiger charge is 2.56. The number of hydrogen-bond donors (Lipinski definition) is 0. The highest BCUT2D eigenvalue weighted by molar-refractivity contribution is 7.99. The van der Waals surface area contributed by atoms with Crippen molar-refractivity contribution >= 4 is 45.7 Å². The summed E-state index contributed by atoms with van der Waals surface area (Å²) >= 11 is 0. The van der Waals surface area contributed by atoms with Crippen LogP contribution in [0.5, 0.6) is 0 Å². The Morgan fingerprint density at radius 2 is 0.847 bits per heavy atom. The maximum atomic E-state index is 17.0. The molecule has 8 rings (SSSR count). The van der Waals surface area contributed by atoms with Crippen LogP contribution < -0.4 is 32.3 Å². The molecule has 0 bridgehead atoms. The molecule has 0 amide bonds. The minimum absolute atomic E-state index is 0.0142. The fourth-order valence-corrected chi connectivity index (χ4v) is 16.4. The second kappa shape index (κ2) is 14.0. The van der Waals surface area contributed by atoms with Gasteiger partial charge in [0.2, 0.25) is 0 Å². The van der Waals surface area contributed by atoms with Crippen LogP contribution in [0.2, 0.25) is 0 Å².